The molecular weight excluding hydrogens is 256 g/mol. The van der Waals surface area contributed by atoms with Crippen LogP contribution in [0.25, 0.3) is 0 Å². The highest BCUT2D eigenvalue weighted by Gasteiger charge is 2.26. The van der Waals surface area contributed by atoms with Crippen LogP contribution < -0.4 is 9.64 Å². The number of hydrogen-bond donors (Lipinski definition) is 0. The molecule has 0 atom stereocenters. The third-order valence-corrected chi connectivity index (χ3v) is 3.95. The number of morpholine rings is 1. The second-order valence-electron chi connectivity index (χ2n) is 5.18. The predicted molar refractivity (Wildman–Crippen MR) is 76.3 cm³/mol. The van der Waals surface area contributed by atoms with Gasteiger partial charge in [-0.25, -0.2) is 0 Å². The zero-order valence-corrected chi connectivity index (χ0v) is 11.8. The fraction of sp³-hybridized carbons (Fsp3) is 0.533. The predicted octanol–water partition coefficient (Wildman–Crippen LogP) is 0.916. The van der Waals surface area contributed by atoms with E-state index >= 15 is 0 Å². The Balaban J connectivity index is 1.68. The Kier molecular flexibility index (Phi) is 3.89. The van der Waals surface area contributed by atoms with E-state index in [2.05, 4.69) is 4.90 Å². The van der Waals surface area contributed by atoms with Crippen molar-refractivity contribution in [1.29, 1.82) is 0 Å². The molecule has 0 aliphatic carbocycles. The van der Waals surface area contributed by atoms with Gasteiger partial charge in [-0.3, -0.25) is 9.69 Å². The van der Waals surface area contributed by atoms with Crippen LogP contribution in [0.4, 0.5) is 5.69 Å². The maximum atomic E-state index is 12.4. The van der Waals surface area contributed by atoms with Crippen molar-refractivity contribution >= 4 is 11.6 Å². The minimum Gasteiger partial charge on any atom is -0.497 e. The number of ether oxygens (including phenoxy) is 2. The molecule has 5 heteroatoms. The number of carbonyl (C=O) groups excluding carboxylic acids is 1. The van der Waals surface area contributed by atoms with E-state index in [4.69, 9.17) is 9.47 Å². The van der Waals surface area contributed by atoms with Gasteiger partial charge >= 0.3 is 0 Å². The van der Waals surface area contributed by atoms with Crippen molar-refractivity contribution < 1.29 is 14.3 Å². The van der Waals surface area contributed by atoms with Gasteiger partial charge in [-0.2, -0.15) is 0 Å². The second-order valence-corrected chi connectivity index (χ2v) is 5.18. The van der Waals surface area contributed by atoms with Gasteiger partial charge in [-0.05, 0) is 30.2 Å². The number of rotatable bonds is 3. The number of nitrogens with zero attached hydrogens (tertiary/aromatic N) is 2. The fourth-order valence-corrected chi connectivity index (χ4v) is 2.80. The minimum atomic E-state index is 0.177. The first kappa shape index (κ1) is 13.4. The van der Waals surface area contributed by atoms with Gasteiger partial charge in [0.05, 0.1) is 26.9 Å². The van der Waals surface area contributed by atoms with E-state index in [1.54, 1.807) is 7.11 Å². The first-order valence-corrected chi connectivity index (χ1v) is 7.05. The van der Waals surface area contributed by atoms with Gasteiger partial charge in [0.15, 0.2) is 0 Å². The molecule has 2 aliphatic heterocycles. The van der Waals surface area contributed by atoms with Gasteiger partial charge in [0.2, 0.25) is 5.91 Å². The second kappa shape index (κ2) is 5.81. The van der Waals surface area contributed by atoms with Crippen molar-refractivity contribution in [3.63, 3.8) is 0 Å². The molecule has 0 N–H and O–H groups in total. The van der Waals surface area contributed by atoms with E-state index in [1.165, 1.54) is 5.56 Å². The topological polar surface area (TPSA) is 42.0 Å². The molecule has 0 bridgehead atoms. The van der Waals surface area contributed by atoms with E-state index in [0.717, 1.165) is 50.7 Å². The van der Waals surface area contributed by atoms with E-state index in [1.807, 2.05) is 23.1 Å². The Labute approximate surface area is 119 Å². The van der Waals surface area contributed by atoms with Crippen molar-refractivity contribution in [2.75, 3.05) is 51.4 Å². The molecule has 108 valence electrons. The first-order chi connectivity index (χ1) is 9.78. The number of benzene rings is 1. The summed E-state index contributed by atoms with van der Waals surface area (Å²) < 4.78 is 10.5. The summed E-state index contributed by atoms with van der Waals surface area (Å²) >= 11 is 0. The van der Waals surface area contributed by atoms with Gasteiger partial charge in [0.1, 0.15) is 5.75 Å². The molecule has 0 aromatic heterocycles. The summed E-state index contributed by atoms with van der Waals surface area (Å²) in [5.74, 6) is 1.03. The summed E-state index contributed by atoms with van der Waals surface area (Å²) in [6.45, 7) is 4.38. The number of hydrogen-bond acceptors (Lipinski definition) is 4. The highest BCUT2D eigenvalue weighted by molar-refractivity contribution is 5.96. The van der Waals surface area contributed by atoms with Crippen molar-refractivity contribution in [3.8, 4) is 5.75 Å². The van der Waals surface area contributed by atoms with Crippen LogP contribution in [0.2, 0.25) is 0 Å². The Morgan fingerprint density at radius 1 is 1.30 bits per heavy atom. The van der Waals surface area contributed by atoms with E-state index in [-0.39, 0.29) is 5.91 Å². The van der Waals surface area contributed by atoms with Gasteiger partial charge < -0.3 is 14.4 Å². The largest absolute Gasteiger partial charge is 0.497 e. The third-order valence-electron chi connectivity index (χ3n) is 3.95. The van der Waals surface area contributed by atoms with Gasteiger partial charge in [0.25, 0.3) is 0 Å². The van der Waals surface area contributed by atoms with Gasteiger partial charge in [-0.15, -0.1) is 0 Å². The van der Waals surface area contributed by atoms with E-state index < -0.39 is 0 Å². The molecule has 2 heterocycles. The third kappa shape index (κ3) is 2.64. The molecule has 1 aromatic rings. The van der Waals surface area contributed by atoms with Crippen LogP contribution in [0, 0.1) is 0 Å². The summed E-state index contributed by atoms with van der Waals surface area (Å²) in [5.41, 5.74) is 2.23. The average Bonchev–Trinajstić information content (AvgIpc) is 2.91. The molecule has 3 rings (SSSR count). The lowest BCUT2D eigenvalue weighted by atomic mass is 10.1. The Morgan fingerprint density at radius 2 is 2.10 bits per heavy atom. The van der Waals surface area contributed by atoms with Crippen molar-refractivity contribution in [2.45, 2.75) is 6.42 Å². The number of fused-ring (bicyclic) bond motifs is 1. The Morgan fingerprint density at radius 3 is 2.85 bits per heavy atom. The molecular formula is C15H20N2O3. The first-order valence-electron chi connectivity index (χ1n) is 7.05. The van der Waals surface area contributed by atoms with Crippen LogP contribution >= 0.6 is 0 Å². The van der Waals surface area contributed by atoms with E-state index in [0.29, 0.717) is 6.54 Å². The molecule has 0 radical (unpaired) electrons. The SMILES string of the molecule is COc1ccc2c(c1)CCN2C(=O)CN1CCOCC1. The summed E-state index contributed by atoms with van der Waals surface area (Å²) in [4.78, 5) is 16.5. The fourth-order valence-electron chi connectivity index (χ4n) is 2.80. The van der Waals surface area contributed by atoms with Crippen LogP contribution in [0.1, 0.15) is 5.56 Å². The lowest BCUT2D eigenvalue weighted by molar-refractivity contribution is -0.120. The zero-order valence-electron chi connectivity index (χ0n) is 11.8. The number of carbonyl (C=O) groups is 1. The lowest BCUT2D eigenvalue weighted by Gasteiger charge is -2.28. The maximum absolute atomic E-state index is 12.4. The number of methoxy groups -OCH3 is 1. The smallest absolute Gasteiger partial charge is 0.241 e. The monoisotopic (exact) mass is 276 g/mol. The molecule has 1 saturated heterocycles. The van der Waals surface area contributed by atoms with Crippen LogP contribution in [-0.4, -0.2) is 57.3 Å². The standard InChI is InChI=1S/C15H20N2O3/c1-19-13-2-3-14-12(10-13)4-5-17(14)15(18)11-16-6-8-20-9-7-16/h2-3,10H,4-9,11H2,1H3. The van der Waals surface area contributed by atoms with E-state index in [9.17, 15) is 4.79 Å². The van der Waals surface area contributed by atoms with Crippen LogP contribution in [0.5, 0.6) is 5.75 Å². The van der Waals surface area contributed by atoms with Crippen LogP contribution in [0.3, 0.4) is 0 Å². The quantitative estimate of drug-likeness (QED) is 0.823. The van der Waals surface area contributed by atoms with Crippen LogP contribution in [-0.2, 0) is 16.0 Å². The molecule has 1 fully saturated rings. The summed E-state index contributed by atoms with van der Waals surface area (Å²) in [5, 5.41) is 0. The molecule has 20 heavy (non-hydrogen) atoms. The molecule has 1 amide bonds. The molecule has 0 unspecified atom stereocenters. The van der Waals surface area contributed by atoms with Crippen LogP contribution in [0.15, 0.2) is 18.2 Å². The number of anilines is 1. The summed E-state index contributed by atoms with van der Waals surface area (Å²) in [6.07, 6.45) is 0.904. The highest BCUT2D eigenvalue weighted by Crippen LogP contribution is 2.31. The Hall–Kier alpha value is -1.59. The molecule has 0 saturated carbocycles. The normalized spacial score (nSPS) is 18.9. The molecule has 1 aromatic carbocycles. The van der Waals surface area contributed by atoms with Crippen molar-refractivity contribution in [2.24, 2.45) is 0 Å². The molecule has 5 nitrogen and oxygen atoms in total. The lowest BCUT2D eigenvalue weighted by Crippen LogP contribution is -2.44. The minimum absolute atomic E-state index is 0.177. The van der Waals surface area contributed by atoms with Crippen molar-refractivity contribution in [1.82, 2.24) is 4.90 Å². The zero-order chi connectivity index (χ0) is 13.9. The maximum Gasteiger partial charge on any atom is 0.241 e. The molecule has 0 spiro atoms. The van der Waals surface area contributed by atoms with Gasteiger partial charge in [0, 0.05) is 25.3 Å². The Bertz CT molecular complexity index is 498. The highest BCUT2D eigenvalue weighted by atomic mass is 16.5. The average molecular weight is 276 g/mol. The van der Waals surface area contributed by atoms with Gasteiger partial charge in [-0.1, -0.05) is 0 Å². The van der Waals surface area contributed by atoms with Crippen molar-refractivity contribution in [3.05, 3.63) is 23.8 Å². The summed E-state index contributed by atoms with van der Waals surface area (Å²) in [6, 6.07) is 5.93. The number of amides is 1. The summed E-state index contributed by atoms with van der Waals surface area (Å²) in [7, 11) is 1.66. The molecule has 2 aliphatic rings.